The van der Waals surface area contributed by atoms with Crippen molar-refractivity contribution in [2.45, 2.75) is 39.3 Å². The van der Waals surface area contributed by atoms with Gasteiger partial charge in [-0.3, -0.25) is 14.9 Å². The lowest BCUT2D eigenvalue weighted by Crippen LogP contribution is -2.52. The molecule has 1 amide bonds. The molecule has 0 radical (unpaired) electrons. The van der Waals surface area contributed by atoms with E-state index in [1.807, 2.05) is 20.8 Å². The van der Waals surface area contributed by atoms with E-state index in [-0.39, 0.29) is 11.9 Å². The molecule has 0 rings (SSSR count). The largest absolute Gasteiger partial charge is 0.468 e. The van der Waals surface area contributed by atoms with Gasteiger partial charge in [0.05, 0.1) is 13.2 Å². The summed E-state index contributed by atoms with van der Waals surface area (Å²) in [5.74, 6) is -0.780. The van der Waals surface area contributed by atoms with Gasteiger partial charge in [0.2, 0.25) is 5.91 Å². The molecule has 0 fully saturated rings. The summed E-state index contributed by atoms with van der Waals surface area (Å²) in [6.07, 6.45) is 0.559. The predicted molar refractivity (Wildman–Crippen MR) is 57.1 cm³/mol. The van der Waals surface area contributed by atoms with Crippen LogP contribution in [0.3, 0.4) is 0 Å². The van der Waals surface area contributed by atoms with E-state index in [9.17, 15) is 9.59 Å². The molecule has 0 unspecified atom stereocenters. The van der Waals surface area contributed by atoms with E-state index in [4.69, 9.17) is 5.73 Å². The topological polar surface area (TPSA) is 81.4 Å². The summed E-state index contributed by atoms with van der Waals surface area (Å²) in [7, 11) is 1.32. The van der Waals surface area contributed by atoms with Crippen LogP contribution in [0.4, 0.5) is 0 Å². The predicted octanol–water partition coefficient (Wildman–Crippen LogP) is 0.0375. The molecule has 3 N–H and O–H groups in total. The molecular formula is C10H20N2O3. The highest BCUT2D eigenvalue weighted by molar-refractivity contribution is 5.82. The summed E-state index contributed by atoms with van der Waals surface area (Å²) >= 11 is 0. The normalized spacial score (nSPS) is 14.7. The average molecular weight is 216 g/mol. The first-order valence-corrected chi connectivity index (χ1v) is 5.07. The van der Waals surface area contributed by atoms with E-state index in [0.717, 1.165) is 0 Å². The molecule has 0 saturated heterocycles. The lowest BCUT2D eigenvalue weighted by atomic mass is 10.0. The highest BCUT2D eigenvalue weighted by Gasteiger charge is 2.26. The van der Waals surface area contributed by atoms with Gasteiger partial charge in [-0.15, -0.1) is 0 Å². The Kier molecular flexibility index (Phi) is 5.93. The number of ether oxygens (including phenoxy) is 1. The number of rotatable bonds is 6. The monoisotopic (exact) mass is 216 g/mol. The summed E-state index contributed by atoms with van der Waals surface area (Å²) in [6.45, 7) is 5.58. The minimum absolute atomic E-state index is 0.0428. The smallest absolute Gasteiger partial charge is 0.322 e. The zero-order valence-electron chi connectivity index (χ0n) is 9.74. The molecule has 5 heteroatoms. The molecule has 0 saturated carbocycles. The van der Waals surface area contributed by atoms with Crippen LogP contribution in [-0.2, 0) is 14.3 Å². The number of amides is 1. The molecule has 0 aromatic carbocycles. The molecule has 2 atom stereocenters. The van der Waals surface area contributed by atoms with Crippen LogP contribution in [0.25, 0.3) is 0 Å². The van der Waals surface area contributed by atoms with E-state index in [1.165, 1.54) is 7.11 Å². The molecule has 0 aliphatic rings. The molecule has 15 heavy (non-hydrogen) atoms. The molecule has 0 aliphatic heterocycles. The quantitative estimate of drug-likeness (QED) is 0.614. The Balaban J connectivity index is 4.49. The van der Waals surface area contributed by atoms with Crippen molar-refractivity contribution < 1.29 is 14.3 Å². The fourth-order valence-corrected chi connectivity index (χ4v) is 1.31. The third kappa shape index (κ3) is 4.29. The van der Waals surface area contributed by atoms with Crippen LogP contribution in [0.2, 0.25) is 0 Å². The Labute approximate surface area is 90.4 Å². The van der Waals surface area contributed by atoms with Crippen LogP contribution in [0.5, 0.6) is 0 Å². The Bertz CT molecular complexity index is 229. The van der Waals surface area contributed by atoms with Gasteiger partial charge in [0.15, 0.2) is 0 Å². The van der Waals surface area contributed by atoms with Crippen molar-refractivity contribution in [2.75, 3.05) is 7.11 Å². The van der Waals surface area contributed by atoms with Gasteiger partial charge in [0, 0.05) is 0 Å². The minimum Gasteiger partial charge on any atom is -0.468 e. The van der Waals surface area contributed by atoms with E-state index in [0.29, 0.717) is 6.42 Å². The fraction of sp³-hybridized carbons (Fsp3) is 0.800. The fourth-order valence-electron chi connectivity index (χ4n) is 1.31. The van der Waals surface area contributed by atoms with Crippen molar-refractivity contribution in [2.24, 2.45) is 11.7 Å². The number of carbonyl (C=O) groups excluding carboxylic acids is 2. The molecule has 5 nitrogen and oxygen atoms in total. The Morgan fingerprint density at radius 1 is 1.40 bits per heavy atom. The van der Waals surface area contributed by atoms with Crippen LogP contribution in [-0.4, -0.2) is 31.1 Å². The van der Waals surface area contributed by atoms with Crippen LogP contribution in [0.15, 0.2) is 0 Å². The average Bonchev–Trinajstić information content (AvgIpc) is 2.17. The van der Waals surface area contributed by atoms with E-state index in [1.54, 1.807) is 0 Å². The number of primary amides is 1. The maximum atomic E-state index is 11.3. The van der Waals surface area contributed by atoms with Crippen molar-refractivity contribution in [1.82, 2.24) is 5.32 Å². The lowest BCUT2D eigenvalue weighted by molar-refractivity contribution is -0.143. The minimum atomic E-state index is -0.506. The first-order chi connectivity index (χ1) is 6.93. The van der Waals surface area contributed by atoms with Crippen molar-refractivity contribution in [1.29, 1.82) is 0 Å². The van der Waals surface area contributed by atoms with Gasteiger partial charge in [-0.25, -0.2) is 0 Å². The zero-order chi connectivity index (χ0) is 12.0. The summed E-state index contributed by atoms with van der Waals surface area (Å²) in [5, 5.41) is 2.90. The number of esters is 1. The van der Waals surface area contributed by atoms with Gasteiger partial charge in [-0.05, 0) is 12.3 Å². The van der Waals surface area contributed by atoms with Crippen LogP contribution >= 0.6 is 0 Å². The van der Waals surface area contributed by atoms with E-state index < -0.39 is 18.0 Å². The van der Waals surface area contributed by atoms with Crippen molar-refractivity contribution >= 4 is 11.9 Å². The number of hydrogen-bond donors (Lipinski definition) is 2. The van der Waals surface area contributed by atoms with Gasteiger partial charge in [0.1, 0.15) is 6.04 Å². The Morgan fingerprint density at radius 2 is 1.93 bits per heavy atom. The first kappa shape index (κ1) is 13.9. The van der Waals surface area contributed by atoms with Crippen LogP contribution < -0.4 is 11.1 Å². The summed E-state index contributed by atoms with van der Waals surface area (Å²) < 4.78 is 4.61. The van der Waals surface area contributed by atoms with Gasteiger partial charge in [-0.2, -0.15) is 0 Å². The number of hydrogen-bond acceptors (Lipinski definition) is 4. The van der Waals surface area contributed by atoms with Gasteiger partial charge >= 0.3 is 5.97 Å². The van der Waals surface area contributed by atoms with Gasteiger partial charge in [0.25, 0.3) is 0 Å². The summed E-state index contributed by atoms with van der Waals surface area (Å²) in [4.78, 5) is 22.4. The van der Waals surface area contributed by atoms with E-state index in [2.05, 4.69) is 10.1 Å². The van der Waals surface area contributed by atoms with Crippen molar-refractivity contribution in [3.8, 4) is 0 Å². The van der Waals surface area contributed by atoms with Crippen LogP contribution in [0, 0.1) is 5.92 Å². The second-order valence-corrected chi connectivity index (χ2v) is 3.77. The first-order valence-electron chi connectivity index (χ1n) is 5.07. The highest BCUT2D eigenvalue weighted by Crippen LogP contribution is 2.04. The molecule has 0 aromatic heterocycles. The summed E-state index contributed by atoms with van der Waals surface area (Å²) in [5.41, 5.74) is 5.23. The van der Waals surface area contributed by atoms with Crippen LogP contribution in [0.1, 0.15) is 27.2 Å². The summed E-state index contributed by atoms with van der Waals surface area (Å²) in [6, 6.07) is -0.982. The number of nitrogens with two attached hydrogens (primary N) is 1. The Morgan fingerprint density at radius 3 is 2.20 bits per heavy atom. The molecular weight excluding hydrogens is 196 g/mol. The highest BCUT2D eigenvalue weighted by atomic mass is 16.5. The maximum Gasteiger partial charge on any atom is 0.322 e. The van der Waals surface area contributed by atoms with Gasteiger partial charge < -0.3 is 10.5 Å². The standard InChI is InChI=1S/C10H20N2O3/c1-5-7(10(14)15-4)12-8(6(2)3)9(11)13/h6-8,12H,5H2,1-4H3,(H2,11,13)/t7-,8+/m1/s1. The second kappa shape index (κ2) is 6.40. The van der Waals surface area contributed by atoms with Crippen molar-refractivity contribution in [3.05, 3.63) is 0 Å². The SMILES string of the molecule is CC[C@@H](N[C@H](C(N)=O)C(C)C)C(=O)OC. The third-order valence-corrected chi connectivity index (χ3v) is 2.25. The molecule has 0 heterocycles. The number of methoxy groups -OCH3 is 1. The molecule has 0 aromatic rings. The Hall–Kier alpha value is -1.10. The number of carbonyl (C=O) groups is 2. The van der Waals surface area contributed by atoms with Gasteiger partial charge in [-0.1, -0.05) is 20.8 Å². The maximum absolute atomic E-state index is 11.3. The molecule has 0 bridgehead atoms. The lowest BCUT2D eigenvalue weighted by Gasteiger charge is -2.23. The second-order valence-electron chi connectivity index (χ2n) is 3.77. The molecule has 88 valence electrons. The zero-order valence-corrected chi connectivity index (χ0v) is 9.74. The third-order valence-electron chi connectivity index (χ3n) is 2.25. The molecule has 0 spiro atoms. The molecule has 0 aliphatic carbocycles. The van der Waals surface area contributed by atoms with Crippen molar-refractivity contribution in [3.63, 3.8) is 0 Å². The van der Waals surface area contributed by atoms with E-state index >= 15 is 0 Å². The number of nitrogens with one attached hydrogen (secondary N) is 1.